The Morgan fingerprint density at radius 2 is 1.79 bits per heavy atom. The number of rotatable bonds is 7. The number of nitrogens with zero attached hydrogens (tertiary/aromatic N) is 2. The topological polar surface area (TPSA) is 84.7 Å². The number of carbonyl (C=O) groups excluding carboxylic acids is 2. The smallest absolute Gasteiger partial charge is 0.254 e. The van der Waals surface area contributed by atoms with Crippen molar-refractivity contribution < 1.29 is 18.8 Å². The molecular formula is C26H25N3O4. The summed E-state index contributed by atoms with van der Waals surface area (Å²) in [5.74, 6) is 0.713. The molecule has 0 saturated heterocycles. The van der Waals surface area contributed by atoms with Crippen LogP contribution in [0.15, 0.2) is 71.3 Å². The standard InChI is InChI=1S/C26H25N3O4/c1-17-23(18(2)33-28-17)16-32-21-11-6-10-20(14-21)26(31)29(3)15-25(30)27-24-13-7-9-19-8-4-5-12-22(19)24/h4-14H,15-16H2,1-3H3,(H,27,30). The average Bonchev–Trinajstić information content (AvgIpc) is 3.14. The molecule has 0 aliphatic rings. The van der Waals surface area contributed by atoms with Crippen LogP contribution < -0.4 is 10.1 Å². The van der Waals surface area contributed by atoms with Crippen molar-refractivity contribution >= 4 is 28.3 Å². The number of carbonyl (C=O) groups is 2. The minimum atomic E-state index is -0.272. The fraction of sp³-hybridized carbons (Fsp3) is 0.192. The van der Waals surface area contributed by atoms with E-state index in [-0.39, 0.29) is 18.4 Å². The highest BCUT2D eigenvalue weighted by atomic mass is 16.5. The number of hydrogen-bond acceptors (Lipinski definition) is 5. The highest BCUT2D eigenvalue weighted by molar-refractivity contribution is 6.04. The number of aromatic nitrogens is 1. The number of fused-ring (bicyclic) bond motifs is 1. The number of aryl methyl sites for hydroxylation is 2. The van der Waals surface area contributed by atoms with Crippen LogP contribution in [-0.2, 0) is 11.4 Å². The van der Waals surface area contributed by atoms with Gasteiger partial charge in [-0.2, -0.15) is 0 Å². The molecule has 0 unspecified atom stereocenters. The summed E-state index contributed by atoms with van der Waals surface area (Å²) in [7, 11) is 1.60. The first-order valence-corrected chi connectivity index (χ1v) is 10.6. The third-order valence-electron chi connectivity index (χ3n) is 5.44. The third-order valence-corrected chi connectivity index (χ3v) is 5.44. The van der Waals surface area contributed by atoms with Gasteiger partial charge in [-0.3, -0.25) is 9.59 Å². The molecule has 0 radical (unpaired) electrons. The van der Waals surface area contributed by atoms with Crippen LogP contribution in [0.1, 0.15) is 27.4 Å². The summed E-state index contributed by atoms with van der Waals surface area (Å²) in [6.45, 7) is 3.90. The van der Waals surface area contributed by atoms with E-state index < -0.39 is 0 Å². The molecule has 0 saturated carbocycles. The van der Waals surface area contributed by atoms with Crippen molar-refractivity contribution in [2.45, 2.75) is 20.5 Å². The minimum Gasteiger partial charge on any atom is -0.489 e. The molecule has 1 N–H and O–H groups in total. The van der Waals surface area contributed by atoms with E-state index in [1.54, 1.807) is 31.3 Å². The van der Waals surface area contributed by atoms with Crippen molar-refractivity contribution in [1.82, 2.24) is 10.1 Å². The zero-order valence-corrected chi connectivity index (χ0v) is 18.8. The summed E-state index contributed by atoms with van der Waals surface area (Å²) >= 11 is 0. The van der Waals surface area contributed by atoms with Crippen LogP contribution >= 0.6 is 0 Å². The lowest BCUT2D eigenvalue weighted by Gasteiger charge is -2.18. The second-order valence-electron chi connectivity index (χ2n) is 7.86. The van der Waals surface area contributed by atoms with Gasteiger partial charge in [-0.05, 0) is 43.5 Å². The molecule has 0 spiro atoms. The predicted molar refractivity (Wildman–Crippen MR) is 126 cm³/mol. The average molecular weight is 444 g/mol. The van der Waals surface area contributed by atoms with Crippen LogP contribution in [0.2, 0.25) is 0 Å². The Hall–Kier alpha value is -4.13. The summed E-state index contributed by atoms with van der Waals surface area (Å²) in [6.07, 6.45) is 0. The Balaban J connectivity index is 1.39. The monoisotopic (exact) mass is 443 g/mol. The number of benzene rings is 3. The lowest BCUT2D eigenvalue weighted by molar-refractivity contribution is -0.116. The molecule has 7 nitrogen and oxygen atoms in total. The van der Waals surface area contributed by atoms with E-state index in [4.69, 9.17) is 9.26 Å². The first kappa shape index (κ1) is 22.1. The Morgan fingerprint density at radius 3 is 2.58 bits per heavy atom. The molecule has 33 heavy (non-hydrogen) atoms. The van der Waals surface area contributed by atoms with Crippen molar-refractivity contribution in [2.24, 2.45) is 0 Å². The Morgan fingerprint density at radius 1 is 1.03 bits per heavy atom. The van der Waals surface area contributed by atoms with Crippen molar-refractivity contribution in [1.29, 1.82) is 0 Å². The van der Waals surface area contributed by atoms with E-state index in [1.807, 2.05) is 56.3 Å². The maximum Gasteiger partial charge on any atom is 0.254 e. The van der Waals surface area contributed by atoms with Crippen LogP contribution in [0, 0.1) is 13.8 Å². The second-order valence-corrected chi connectivity index (χ2v) is 7.86. The normalized spacial score (nSPS) is 10.8. The van der Waals surface area contributed by atoms with Gasteiger partial charge in [0, 0.05) is 23.7 Å². The van der Waals surface area contributed by atoms with Gasteiger partial charge in [-0.15, -0.1) is 0 Å². The lowest BCUT2D eigenvalue weighted by Crippen LogP contribution is -2.35. The quantitative estimate of drug-likeness (QED) is 0.446. The maximum atomic E-state index is 12.9. The van der Waals surface area contributed by atoms with Gasteiger partial charge < -0.3 is 19.5 Å². The van der Waals surface area contributed by atoms with E-state index in [1.165, 1.54) is 4.90 Å². The Bertz CT molecular complexity index is 1290. The Labute approximate surface area is 191 Å². The largest absolute Gasteiger partial charge is 0.489 e. The maximum absolute atomic E-state index is 12.9. The molecule has 1 aromatic heterocycles. The first-order chi connectivity index (χ1) is 15.9. The summed E-state index contributed by atoms with van der Waals surface area (Å²) in [5, 5.41) is 8.81. The number of nitrogens with one attached hydrogen (secondary N) is 1. The van der Waals surface area contributed by atoms with Crippen LogP contribution in [0.3, 0.4) is 0 Å². The van der Waals surface area contributed by atoms with Crippen molar-refractivity contribution in [3.05, 3.63) is 89.3 Å². The van der Waals surface area contributed by atoms with Gasteiger partial charge in [-0.25, -0.2) is 0 Å². The fourth-order valence-corrected chi connectivity index (χ4v) is 3.61. The molecule has 0 bridgehead atoms. The minimum absolute atomic E-state index is 0.0772. The summed E-state index contributed by atoms with van der Waals surface area (Å²) in [6, 6.07) is 20.4. The third kappa shape index (κ3) is 5.03. The van der Waals surface area contributed by atoms with E-state index >= 15 is 0 Å². The Kier molecular flexibility index (Phi) is 6.40. The number of hydrogen-bond donors (Lipinski definition) is 1. The fourth-order valence-electron chi connectivity index (χ4n) is 3.61. The van der Waals surface area contributed by atoms with Gasteiger partial charge in [0.15, 0.2) is 0 Å². The molecule has 0 fully saturated rings. The van der Waals surface area contributed by atoms with Gasteiger partial charge in [0.05, 0.1) is 17.8 Å². The highest BCUT2D eigenvalue weighted by Gasteiger charge is 2.17. The van der Waals surface area contributed by atoms with Gasteiger partial charge in [-0.1, -0.05) is 47.6 Å². The van der Waals surface area contributed by atoms with Crippen molar-refractivity contribution in [3.63, 3.8) is 0 Å². The summed E-state index contributed by atoms with van der Waals surface area (Å²) in [5.41, 5.74) is 2.81. The van der Waals surface area contributed by atoms with Crippen LogP contribution in [0.4, 0.5) is 5.69 Å². The number of likely N-dealkylation sites (N-methyl/N-ethyl adjacent to an activating group) is 1. The molecule has 1 heterocycles. The van der Waals surface area contributed by atoms with Gasteiger partial charge in [0.1, 0.15) is 18.1 Å². The highest BCUT2D eigenvalue weighted by Crippen LogP contribution is 2.23. The van der Waals surface area contributed by atoms with Crippen LogP contribution in [-0.4, -0.2) is 35.5 Å². The van der Waals surface area contributed by atoms with E-state index in [2.05, 4.69) is 10.5 Å². The molecule has 4 rings (SSSR count). The summed E-state index contributed by atoms with van der Waals surface area (Å²) < 4.78 is 11.0. The van der Waals surface area contributed by atoms with Crippen LogP contribution in [0.25, 0.3) is 10.8 Å². The lowest BCUT2D eigenvalue weighted by atomic mass is 10.1. The molecular weight excluding hydrogens is 418 g/mol. The van der Waals surface area contributed by atoms with Crippen LogP contribution in [0.5, 0.6) is 5.75 Å². The first-order valence-electron chi connectivity index (χ1n) is 10.6. The predicted octanol–water partition coefficient (Wildman–Crippen LogP) is 4.73. The molecule has 7 heteroatoms. The second kappa shape index (κ2) is 9.56. The van der Waals surface area contributed by atoms with E-state index in [0.29, 0.717) is 29.4 Å². The number of amides is 2. The van der Waals surface area contributed by atoms with Crippen molar-refractivity contribution in [2.75, 3.05) is 18.9 Å². The van der Waals surface area contributed by atoms with Gasteiger partial charge in [0.25, 0.3) is 5.91 Å². The molecule has 4 aromatic rings. The molecule has 168 valence electrons. The van der Waals surface area contributed by atoms with Gasteiger partial charge in [0.2, 0.25) is 5.91 Å². The van der Waals surface area contributed by atoms with Crippen molar-refractivity contribution in [3.8, 4) is 5.75 Å². The number of anilines is 1. The van der Waals surface area contributed by atoms with E-state index in [9.17, 15) is 9.59 Å². The molecule has 2 amide bonds. The molecule has 0 aliphatic carbocycles. The molecule has 0 atom stereocenters. The zero-order valence-electron chi connectivity index (χ0n) is 18.8. The van der Waals surface area contributed by atoms with E-state index in [0.717, 1.165) is 22.0 Å². The zero-order chi connectivity index (χ0) is 23.4. The molecule has 0 aliphatic heterocycles. The summed E-state index contributed by atoms with van der Waals surface area (Å²) in [4.78, 5) is 26.9. The van der Waals surface area contributed by atoms with Gasteiger partial charge >= 0.3 is 0 Å². The number of ether oxygens (including phenoxy) is 1. The molecule has 3 aromatic carbocycles. The SMILES string of the molecule is Cc1noc(C)c1COc1cccc(C(=O)N(C)CC(=O)Nc2cccc3ccccc23)c1.